The highest BCUT2D eigenvalue weighted by Crippen LogP contribution is 2.16. The zero-order valence-corrected chi connectivity index (χ0v) is 18.8. The molecule has 0 aliphatic carbocycles. The number of Topliss-reactive ketones (excluding diaryl/α,β-unsaturated/α-hetero) is 1. The Morgan fingerprint density at radius 2 is 1.64 bits per heavy atom. The number of ether oxygens (including phenoxy) is 1. The third-order valence-corrected chi connectivity index (χ3v) is 4.57. The lowest BCUT2D eigenvalue weighted by Crippen LogP contribution is -2.30. The van der Waals surface area contributed by atoms with Gasteiger partial charge in [0.2, 0.25) is 0 Å². The van der Waals surface area contributed by atoms with E-state index >= 15 is 0 Å². The molecule has 33 heavy (non-hydrogen) atoms. The Morgan fingerprint density at radius 1 is 0.970 bits per heavy atom. The van der Waals surface area contributed by atoms with E-state index in [2.05, 4.69) is 24.5 Å². The summed E-state index contributed by atoms with van der Waals surface area (Å²) in [4.78, 5) is 37.1. The number of benzene rings is 2. The molecule has 2 N–H and O–H groups in total. The molecule has 1 heterocycles. The average Bonchev–Trinajstić information content (AvgIpc) is 3.31. The Morgan fingerprint density at radius 3 is 2.21 bits per heavy atom. The summed E-state index contributed by atoms with van der Waals surface area (Å²) in [7, 11) is 0. The van der Waals surface area contributed by atoms with Gasteiger partial charge >= 0.3 is 0 Å². The fraction of sp³-hybridized carbons (Fsp3) is 0.192. The maximum absolute atomic E-state index is 12.9. The van der Waals surface area contributed by atoms with E-state index in [0.717, 1.165) is 0 Å². The van der Waals surface area contributed by atoms with Crippen LogP contribution in [0.25, 0.3) is 6.08 Å². The fourth-order valence-corrected chi connectivity index (χ4v) is 2.82. The first-order valence-corrected chi connectivity index (χ1v) is 10.5. The summed E-state index contributed by atoms with van der Waals surface area (Å²) in [6.07, 6.45) is 2.91. The minimum atomic E-state index is -0.535. The van der Waals surface area contributed by atoms with E-state index in [-0.39, 0.29) is 11.5 Å². The van der Waals surface area contributed by atoms with Crippen molar-refractivity contribution in [1.82, 2.24) is 5.32 Å². The molecule has 7 nitrogen and oxygen atoms in total. The van der Waals surface area contributed by atoms with E-state index in [1.807, 2.05) is 0 Å². The maximum atomic E-state index is 12.9. The topological polar surface area (TPSA) is 97.6 Å². The molecular formula is C26H26N2O5. The van der Waals surface area contributed by atoms with Crippen LogP contribution in [0, 0.1) is 5.92 Å². The van der Waals surface area contributed by atoms with Crippen LogP contribution in [0.15, 0.2) is 77.0 Å². The number of amides is 2. The summed E-state index contributed by atoms with van der Waals surface area (Å²) in [6.45, 7) is 6.15. The van der Waals surface area contributed by atoms with Gasteiger partial charge < -0.3 is 19.8 Å². The van der Waals surface area contributed by atoms with Gasteiger partial charge in [0, 0.05) is 22.9 Å². The molecule has 170 valence electrons. The molecular weight excluding hydrogens is 420 g/mol. The first-order chi connectivity index (χ1) is 15.8. The predicted molar refractivity (Wildman–Crippen MR) is 126 cm³/mol. The normalized spacial score (nSPS) is 11.2. The summed E-state index contributed by atoms with van der Waals surface area (Å²) in [5.74, 6) is 0.402. The number of hydrogen-bond donors (Lipinski definition) is 2. The Hall–Kier alpha value is -4.13. The Balaban J connectivity index is 1.74. The second-order valence-electron chi connectivity index (χ2n) is 7.84. The van der Waals surface area contributed by atoms with Gasteiger partial charge in [-0.25, -0.2) is 0 Å². The molecule has 0 unspecified atom stereocenters. The number of hydrogen-bond acceptors (Lipinski definition) is 5. The number of rotatable bonds is 9. The minimum Gasteiger partial charge on any atom is -0.493 e. The highest BCUT2D eigenvalue weighted by Gasteiger charge is 2.16. The standard InChI is InChI=1S/C26H26N2O5/c1-17(2)16-33-22-12-8-20(9-13-22)25(30)28-24(15-23-5-4-14-32-23)26(31)27-21-10-6-19(7-11-21)18(3)29/h4-15,17H,16H2,1-3H3,(H,27,31)(H,28,30). The van der Waals surface area contributed by atoms with Gasteiger partial charge in [0.05, 0.1) is 12.9 Å². The Kier molecular flexibility index (Phi) is 7.81. The summed E-state index contributed by atoms with van der Waals surface area (Å²) in [5.41, 5.74) is 1.39. The summed E-state index contributed by atoms with van der Waals surface area (Å²) in [5, 5.41) is 5.37. The van der Waals surface area contributed by atoms with Crippen molar-refractivity contribution in [3.05, 3.63) is 89.5 Å². The molecule has 0 bridgehead atoms. The molecule has 0 spiro atoms. The van der Waals surface area contributed by atoms with Crippen LogP contribution in [0.3, 0.4) is 0 Å². The number of anilines is 1. The lowest BCUT2D eigenvalue weighted by molar-refractivity contribution is -0.113. The molecule has 3 rings (SSSR count). The van der Waals surface area contributed by atoms with Gasteiger partial charge in [0.15, 0.2) is 5.78 Å². The van der Waals surface area contributed by atoms with Crippen LogP contribution in [-0.4, -0.2) is 24.2 Å². The zero-order chi connectivity index (χ0) is 23.8. The van der Waals surface area contributed by atoms with Crippen molar-refractivity contribution in [2.45, 2.75) is 20.8 Å². The Bertz CT molecular complexity index is 1130. The van der Waals surface area contributed by atoms with Crippen molar-refractivity contribution in [1.29, 1.82) is 0 Å². The van der Waals surface area contributed by atoms with Crippen LogP contribution < -0.4 is 15.4 Å². The van der Waals surface area contributed by atoms with E-state index in [4.69, 9.17) is 9.15 Å². The van der Waals surface area contributed by atoms with Gasteiger partial charge in [-0.2, -0.15) is 0 Å². The van der Waals surface area contributed by atoms with Crippen LogP contribution in [0.2, 0.25) is 0 Å². The van der Waals surface area contributed by atoms with Gasteiger partial charge in [-0.3, -0.25) is 14.4 Å². The fourth-order valence-electron chi connectivity index (χ4n) is 2.82. The lowest BCUT2D eigenvalue weighted by atomic mass is 10.1. The predicted octanol–water partition coefficient (Wildman–Crippen LogP) is 4.93. The molecule has 2 aromatic carbocycles. The molecule has 2 amide bonds. The highest BCUT2D eigenvalue weighted by molar-refractivity contribution is 6.10. The van der Waals surface area contributed by atoms with Gasteiger partial charge in [-0.15, -0.1) is 0 Å². The van der Waals surface area contributed by atoms with Crippen LogP contribution in [0.5, 0.6) is 5.75 Å². The summed E-state index contributed by atoms with van der Waals surface area (Å²) in [6, 6.07) is 16.5. The molecule has 0 aliphatic heterocycles. The maximum Gasteiger partial charge on any atom is 0.272 e. The van der Waals surface area contributed by atoms with Gasteiger partial charge in [-0.05, 0) is 73.5 Å². The molecule has 0 saturated carbocycles. The molecule has 0 atom stereocenters. The average molecular weight is 447 g/mol. The van der Waals surface area contributed by atoms with Gasteiger partial charge in [0.25, 0.3) is 11.8 Å². The third-order valence-electron chi connectivity index (χ3n) is 4.57. The number of carbonyl (C=O) groups is 3. The van der Waals surface area contributed by atoms with Crippen molar-refractivity contribution in [3.63, 3.8) is 0 Å². The first-order valence-electron chi connectivity index (χ1n) is 10.5. The number of carbonyl (C=O) groups excluding carboxylic acids is 3. The lowest BCUT2D eigenvalue weighted by Gasteiger charge is -2.12. The minimum absolute atomic E-state index is 0.00530. The SMILES string of the molecule is CC(=O)c1ccc(NC(=O)C(=Cc2ccco2)NC(=O)c2ccc(OCC(C)C)cc2)cc1. The second-order valence-corrected chi connectivity index (χ2v) is 7.84. The van der Waals surface area contributed by atoms with Crippen LogP contribution in [0.1, 0.15) is 47.2 Å². The smallest absolute Gasteiger partial charge is 0.272 e. The first kappa shape index (κ1) is 23.5. The van der Waals surface area contributed by atoms with E-state index in [1.165, 1.54) is 19.3 Å². The molecule has 0 saturated heterocycles. The van der Waals surface area contributed by atoms with E-state index in [9.17, 15) is 14.4 Å². The second kappa shape index (κ2) is 10.9. The van der Waals surface area contributed by atoms with Crippen molar-refractivity contribution in [3.8, 4) is 5.75 Å². The summed E-state index contributed by atoms with van der Waals surface area (Å²) >= 11 is 0. The number of furan rings is 1. The van der Waals surface area contributed by atoms with Crippen LogP contribution >= 0.6 is 0 Å². The molecule has 7 heteroatoms. The van der Waals surface area contributed by atoms with Gasteiger partial charge in [0.1, 0.15) is 17.2 Å². The number of nitrogens with one attached hydrogen (secondary N) is 2. The van der Waals surface area contributed by atoms with Crippen molar-refractivity contribution in [2.24, 2.45) is 5.92 Å². The quantitative estimate of drug-likeness (QED) is 0.359. The monoisotopic (exact) mass is 446 g/mol. The zero-order valence-electron chi connectivity index (χ0n) is 18.8. The van der Waals surface area contributed by atoms with E-state index < -0.39 is 11.8 Å². The molecule has 3 aromatic rings. The van der Waals surface area contributed by atoms with E-state index in [0.29, 0.717) is 40.8 Å². The number of ketones is 1. The largest absolute Gasteiger partial charge is 0.493 e. The van der Waals surface area contributed by atoms with Crippen LogP contribution in [-0.2, 0) is 4.79 Å². The van der Waals surface area contributed by atoms with Crippen LogP contribution in [0.4, 0.5) is 5.69 Å². The molecule has 0 radical (unpaired) electrons. The van der Waals surface area contributed by atoms with Crippen molar-refractivity contribution >= 4 is 29.4 Å². The van der Waals surface area contributed by atoms with Crippen molar-refractivity contribution in [2.75, 3.05) is 11.9 Å². The third kappa shape index (κ3) is 6.93. The van der Waals surface area contributed by atoms with Gasteiger partial charge in [-0.1, -0.05) is 13.8 Å². The molecule has 0 fully saturated rings. The van der Waals surface area contributed by atoms with Crippen molar-refractivity contribution < 1.29 is 23.5 Å². The molecule has 0 aliphatic rings. The molecule has 1 aromatic heterocycles. The highest BCUT2D eigenvalue weighted by atomic mass is 16.5. The van der Waals surface area contributed by atoms with E-state index in [1.54, 1.807) is 60.7 Å². The Labute approximate surface area is 192 Å². The summed E-state index contributed by atoms with van der Waals surface area (Å²) < 4.78 is 10.9.